The number of alkyl halides is 3. The molecular weight excluding hydrogens is 165 g/mol. The van der Waals surface area contributed by atoms with E-state index in [1.54, 1.807) is 0 Å². The first-order valence-electron chi connectivity index (χ1n) is 2.54. The van der Waals surface area contributed by atoms with Gasteiger partial charge in [-0.25, -0.2) is 0 Å². The van der Waals surface area contributed by atoms with E-state index in [0.717, 1.165) is 0 Å². The monoisotopic (exact) mass is 168 g/mol. The second kappa shape index (κ2) is 2.50. The maximum atomic E-state index is 11.7. The molecule has 1 aromatic heterocycles. The summed E-state index contributed by atoms with van der Waals surface area (Å²) in [5.74, 6) is -1.82. The highest BCUT2D eigenvalue weighted by Gasteiger charge is 2.38. The van der Waals surface area contributed by atoms with Gasteiger partial charge < -0.3 is 9.63 Å². The van der Waals surface area contributed by atoms with Gasteiger partial charge in [-0.2, -0.15) is 18.2 Å². The van der Waals surface area contributed by atoms with E-state index in [1.165, 1.54) is 0 Å². The molecule has 62 valence electrons. The number of aliphatic hydroxyl groups excluding tert-OH is 1. The maximum Gasteiger partial charge on any atom is 0.471 e. The number of nitrogens with zero attached hydrogens (tertiary/aromatic N) is 2. The molecule has 1 aromatic rings. The minimum Gasteiger partial charge on any atom is -0.388 e. The van der Waals surface area contributed by atoms with Crippen LogP contribution in [-0.2, 0) is 12.8 Å². The summed E-state index contributed by atoms with van der Waals surface area (Å²) in [6.45, 7) is -0.667. The van der Waals surface area contributed by atoms with Crippen molar-refractivity contribution in [1.82, 2.24) is 10.1 Å². The number of hydrogen-bond donors (Lipinski definition) is 1. The van der Waals surface area contributed by atoms with Gasteiger partial charge in [-0.05, 0) is 0 Å². The minimum absolute atomic E-state index is 0.377. The Labute approximate surface area is 58.6 Å². The van der Waals surface area contributed by atoms with Gasteiger partial charge in [-0.3, -0.25) is 0 Å². The Bertz CT molecular complexity index is 244. The van der Waals surface area contributed by atoms with Crippen molar-refractivity contribution in [3.63, 3.8) is 0 Å². The standard InChI is InChI=1S/C4H3F3N2O2/c5-4(6,7)3-8-2(1-10)9-11-3/h10H,1H2. The van der Waals surface area contributed by atoms with Gasteiger partial charge in [-0.1, -0.05) is 5.16 Å². The Morgan fingerprint density at radius 2 is 2.09 bits per heavy atom. The minimum atomic E-state index is -4.64. The SMILES string of the molecule is OCc1noc(C(F)(F)F)n1. The molecule has 0 spiro atoms. The summed E-state index contributed by atoms with van der Waals surface area (Å²) < 4.78 is 38.8. The highest BCUT2D eigenvalue weighted by atomic mass is 19.4. The van der Waals surface area contributed by atoms with Gasteiger partial charge in [0, 0.05) is 0 Å². The number of halogens is 3. The van der Waals surface area contributed by atoms with Gasteiger partial charge in [0.2, 0.25) is 0 Å². The summed E-state index contributed by atoms with van der Waals surface area (Å²) in [5, 5.41) is 11.1. The summed E-state index contributed by atoms with van der Waals surface area (Å²) in [5.41, 5.74) is 0. The third kappa shape index (κ3) is 1.67. The fourth-order valence-corrected chi connectivity index (χ4v) is 0.433. The Morgan fingerprint density at radius 3 is 2.36 bits per heavy atom. The molecular formula is C4H3F3N2O2. The molecule has 0 aliphatic heterocycles. The van der Waals surface area contributed by atoms with Gasteiger partial charge in [-0.15, -0.1) is 0 Å². The molecule has 7 heteroatoms. The van der Waals surface area contributed by atoms with Crippen LogP contribution in [0, 0.1) is 0 Å². The zero-order valence-electron chi connectivity index (χ0n) is 5.09. The molecule has 1 heterocycles. The average Bonchev–Trinajstić information content (AvgIpc) is 2.32. The molecule has 0 aliphatic rings. The van der Waals surface area contributed by atoms with Crippen LogP contribution in [0.25, 0.3) is 0 Å². The molecule has 0 aromatic carbocycles. The quantitative estimate of drug-likeness (QED) is 0.666. The topological polar surface area (TPSA) is 59.2 Å². The fraction of sp³-hybridized carbons (Fsp3) is 0.500. The smallest absolute Gasteiger partial charge is 0.388 e. The van der Waals surface area contributed by atoms with Crippen molar-refractivity contribution in [3.05, 3.63) is 11.7 Å². The van der Waals surface area contributed by atoms with Crippen LogP contribution in [0.1, 0.15) is 11.7 Å². The lowest BCUT2D eigenvalue weighted by Gasteiger charge is -1.95. The van der Waals surface area contributed by atoms with Gasteiger partial charge in [0.25, 0.3) is 0 Å². The van der Waals surface area contributed by atoms with Crippen LogP contribution < -0.4 is 0 Å². The molecule has 0 saturated heterocycles. The number of hydrogen-bond acceptors (Lipinski definition) is 4. The molecule has 0 radical (unpaired) electrons. The van der Waals surface area contributed by atoms with E-state index in [2.05, 4.69) is 14.7 Å². The molecule has 0 aliphatic carbocycles. The maximum absolute atomic E-state index is 11.7. The predicted molar refractivity (Wildman–Crippen MR) is 25.2 cm³/mol. The third-order valence-electron chi connectivity index (χ3n) is 0.852. The first-order valence-corrected chi connectivity index (χ1v) is 2.54. The highest BCUT2D eigenvalue weighted by Crippen LogP contribution is 2.27. The van der Waals surface area contributed by atoms with Crippen LogP contribution >= 0.6 is 0 Å². The molecule has 0 bridgehead atoms. The van der Waals surface area contributed by atoms with Crippen LogP contribution in [0.3, 0.4) is 0 Å². The molecule has 1 rings (SSSR count). The highest BCUT2D eigenvalue weighted by molar-refractivity contribution is 4.87. The molecule has 4 nitrogen and oxygen atoms in total. The van der Waals surface area contributed by atoms with Crippen LogP contribution in [0.2, 0.25) is 0 Å². The number of rotatable bonds is 1. The van der Waals surface area contributed by atoms with Crippen LogP contribution in [-0.4, -0.2) is 15.2 Å². The fourth-order valence-electron chi connectivity index (χ4n) is 0.433. The van der Waals surface area contributed by atoms with E-state index in [1.807, 2.05) is 0 Å². The van der Waals surface area contributed by atoms with Crippen molar-refractivity contribution in [2.45, 2.75) is 12.8 Å². The number of aromatic nitrogens is 2. The van der Waals surface area contributed by atoms with Crippen molar-refractivity contribution in [2.24, 2.45) is 0 Å². The van der Waals surface area contributed by atoms with E-state index < -0.39 is 18.7 Å². The molecule has 11 heavy (non-hydrogen) atoms. The second-order valence-electron chi connectivity index (χ2n) is 1.67. The molecule has 0 atom stereocenters. The van der Waals surface area contributed by atoms with Gasteiger partial charge in [0.1, 0.15) is 6.61 Å². The summed E-state index contributed by atoms with van der Waals surface area (Å²) in [6, 6.07) is 0. The zero-order chi connectivity index (χ0) is 8.48. The Morgan fingerprint density at radius 1 is 1.45 bits per heavy atom. The van der Waals surface area contributed by atoms with Crippen LogP contribution in [0.5, 0.6) is 0 Å². The Balaban J connectivity index is 2.89. The summed E-state index contributed by atoms with van der Waals surface area (Å²) in [6.07, 6.45) is -4.64. The lowest BCUT2D eigenvalue weighted by Crippen LogP contribution is -2.05. The second-order valence-corrected chi connectivity index (χ2v) is 1.67. The van der Waals surface area contributed by atoms with E-state index in [0.29, 0.717) is 0 Å². The van der Waals surface area contributed by atoms with Crippen molar-refractivity contribution in [1.29, 1.82) is 0 Å². The van der Waals surface area contributed by atoms with Crippen molar-refractivity contribution >= 4 is 0 Å². The molecule has 0 saturated carbocycles. The zero-order valence-corrected chi connectivity index (χ0v) is 5.09. The molecule has 0 unspecified atom stereocenters. The Kier molecular flexibility index (Phi) is 1.81. The van der Waals surface area contributed by atoms with Gasteiger partial charge in [0.05, 0.1) is 0 Å². The molecule has 0 fully saturated rings. The van der Waals surface area contributed by atoms with Gasteiger partial charge in [0.15, 0.2) is 5.82 Å². The van der Waals surface area contributed by atoms with Crippen molar-refractivity contribution < 1.29 is 22.8 Å². The van der Waals surface area contributed by atoms with E-state index in [-0.39, 0.29) is 5.82 Å². The lowest BCUT2D eigenvalue weighted by molar-refractivity contribution is -0.159. The normalized spacial score (nSPS) is 12.0. The molecule has 0 amide bonds. The summed E-state index contributed by atoms with van der Waals surface area (Å²) in [4.78, 5) is 2.85. The largest absolute Gasteiger partial charge is 0.471 e. The van der Waals surface area contributed by atoms with Crippen LogP contribution in [0.4, 0.5) is 13.2 Å². The van der Waals surface area contributed by atoms with E-state index >= 15 is 0 Å². The predicted octanol–water partition coefficient (Wildman–Crippen LogP) is 0.581. The van der Waals surface area contributed by atoms with Gasteiger partial charge >= 0.3 is 12.1 Å². The number of aliphatic hydroxyl groups is 1. The van der Waals surface area contributed by atoms with E-state index in [4.69, 9.17) is 5.11 Å². The van der Waals surface area contributed by atoms with Crippen molar-refractivity contribution in [2.75, 3.05) is 0 Å². The van der Waals surface area contributed by atoms with Crippen molar-refractivity contribution in [3.8, 4) is 0 Å². The first-order chi connectivity index (χ1) is 5.04. The average molecular weight is 168 g/mol. The van der Waals surface area contributed by atoms with E-state index in [9.17, 15) is 13.2 Å². The summed E-state index contributed by atoms with van der Waals surface area (Å²) >= 11 is 0. The van der Waals surface area contributed by atoms with Crippen LogP contribution in [0.15, 0.2) is 4.52 Å². The third-order valence-corrected chi connectivity index (χ3v) is 0.852. The summed E-state index contributed by atoms with van der Waals surface area (Å²) in [7, 11) is 0. The first kappa shape index (κ1) is 7.99. The lowest BCUT2D eigenvalue weighted by atomic mass is 10.6. The Hall–Kier alpha value is -1.11. The molecule has 1 N–H and O–H groups in total.